The number of hydrogen-bond donors (Lipinski definition) is 3. The van der Waals surface area contributed by atoms with Crippen LogP contribution in [0.25, 0.3) is 10.9 Å². The van der Waals surface area contributed by atoms with Crippen molar-refractivity contribution in [1.82, 2.24) is 19.8 Å². The van der Waals surface area contributed by atoms with Crippen LogP contribution < -0.4 is 20.9 Å². The monoisotopic (exact) mass is 634 g/mol. The zero-order valence-corrected chi connectivity index (χ0v) is 28.4. The molecule has 2 aliphatic rings. The number of aliphatic hydroxyl groups is 1. The van der Waals surface area contributed by atoms with Gasteiger partial charge in [-0.3, -0.25) is 9.36 Å². The van der Waals surface area contributed by atoms with Crippen LogP contribution in [0.2, 0.25) is 0 Å². The van der Waals surface area contributed by atoms with Crippen LogP contribution in [0.3, 0.4) is 0 Å². The van der Waals surface area contributed by atoms with E-state index in [0.29, 0.717) is 51.6 Å². The predicted octanol–water partition coefficient (Wildman–Crippen LogP) is 5.62. The minimum absolute atomic E-state index is 0.135. The topological polar surface area (TPSA) is 104 Å². The van der Waals surface area contributed by atoms with Crippen LogP contribution in [0.5, 0.6) is 5.75 Å². The average molecular weight is 635 g/mol. The number of ether oxygens (including phenoxy) is 1. The summed E-state index contributed by atoms with van der Waals surface area (Å²) < 4.78 is 21.2. The van der Waals surface area contributed by atoms with Crippen LogP contribution in [-0.4, -0.2) is 70.4 Å². The fourth-order valence-electron chi connectivity index (χ4n) is 7.83. The van der Waals surface area contributed by atoms with Gasteiger partial charge in [0.1, 0.15) is 11.6 Å². The molecule has 0 bridgehead atoms. The lowest BCUT2D eigenvalue weighted by atomic mass is 9.61. The Morgan fingerprint density at radius 2 is 1.93 bits per heavy atom. The van der Waals surface area contributed by atoms with Gasteiger partial charge < -0.3 is 25.4 Å². The number of piperazine rings is 1. The van der Waals surface area contributed by atoms with E-state index in [-0.39, 0.29) is 24.6 Å². The van der Waals surface area contributed by atoms with Gasteiger partial charge in [0, 0.05) is 36.9 Å². The Kier molecular flexibility index (Phi) is 10.4. The highest BCUT2D eigenvalue weighted by Crippen LogP contribution is 2.46. The van der Waals surface area contributed by atoms with Crippen molar-refractivity contribution in [3.63, 3.8) is 0 Å². The largest absolute Gasteiger partial charge is 0.497 e. The van der Waals surface area contributed by atoms with Gasteiger partial charge in [-0.1, -0.05) is 40.2 Å². The van der Waals surface area contributed by atoms with Crippen LogP contribution in [0.1, 0.15) is 72.4 Å². The number of hydrogen-bond acceptors (Lipinski definition) is 6. The van der Waals surface area contributed by atoms with Crippen molar-refractivity contribution in [1.29, 1.82) is 0 Å². The van der Waals surface area contributed by atoms with E-state index in [2.05, 4.69) is 62.1 Å². The second-order valence-corrected chi connectivity index (χ2v) is 14.1. The summed E-state index contributed by atoms with van der Waals surface area (Å²) in [6, 6.07) is 10.3. The van der Waals surface area contributed by atoms with Crippen molar-refractivity contribution >= 4 is 22.5 Å². The average Bonchev–Trinajstić information content (AvgIpc) is 3.01. The Balaban J connectivity index is 1.43. The van der Waals surface area contributed by atoms with Gasteiger partial charge in [0.2, 0.25) is 0 Å². The lowest BCUT2D eigenvalue weighted by Gasteiger charge is -2.46. The van der Waals surface area contributed by atoms with Crippen LogP contribution in [0.4, 0.5) is 10.1 Å². The molecule has 10 heteroatoms. The Morgan fingerprint density at radius 1 is 1.20 bits per heavy atom. The molecule has 1 saturated carbocycles. The van der Waals surface area contributed by atoms with Crippen molar-refractivity contribution in [2.24, 2.45) is 22.2 Å². The van der Waals surface area contributed by atoms with Gasteiger partial charge in [0.25, 0.3) is 5.56 Å². The fraction of sp³-hybridized carbons (Fsp3) is 0.583. The smallest absolute Gasteiger partial charge is 0.261 e. The van der Waals surface area contributed by atoms with Gasteiger partial charge in [0.15, 0.2) is 5.96 Å². The molecule has 2 heterocycles. The third-order valence-electron chi connectivity index (χ3n) is 10.3. The molecular formula is C36H51FN6O3. The first-order valence-electron chi connectivity index (χ1n) is 16.7. The number of fused-ring (bicyclic) bond motifs is 1. The van der Waals surface area contributed by atoms with Gasteiger partial charge in [-0.05, 0) is 80.2 Å². The van der Waals surface area contributed by atoms with Gasteiger partial charge in [0.05, 0.1) is 43.0 Å². The summed E-state index contributed by atoms with van der Waals surface area (Å²) in [7, 11) is 1.48. The summed E-state index contributed by atoms with van der Waals surface area (Å²) in [6.45, 7) is 15.2. The number of guanidine groups is 1. The predicted molar refractivity (Wildman–Crippen MR) is 183 cm³/mol. The van der Waals surface area contributed by atoms with E-state index < -0.39 is 11.9 Å². The number of rotatable bonds is 8. The molecule has 3 N–H and O–H groups in total. The van der Waals surface area contributed by atoms with E-state index >= 15 is 0 Å². The van der Waals surface area contributed by atoms with Crippen molar-refractivity contribution in [2.45, 2.75) is 91.4 Å². The first-order chi connectivity index (χ1) is 21.9. The minimum Gasteiger partial charge on any atom is -0.497 e. The number of nitrogens with one attached hydrogen (secondary N) is 2. The molecule has 1 saturated heterocycles. The second kappa shape index (κ2) is 14.1. The molecular weight excluding hydrogens is 583 g/mol. The molecule has 6 atom stereocenters. The standard InChI is InChI=1S/C36H51FN6O3/c1-8-30-24(4)32(13-14-36(30,5)6)41-35(42-18-22(2)39-23(3)19-42)40-26-10-12-29-33(16-26)38-21-43(34(29)45)27(20-44)15-25-9-11-28(46-7)17-31(25)37/h9-12,16-17,21-24,27,30,32,39,44H,8,13-15,18-20H2,1-7H3,(H,40,41)/t22-,23-,24-,27-,30-,32-/m0/s1. The molecule has 1 aromatic heterocycles. The van der Waals surface area contributed by atoms with Crippen LogP contribution >= 0.6 is 0 Å². The van der Waals surface area contributed by atoms with Gasteiger partial charge in [-0.2, -0.15) is 0 Å². The summed E-state index contributed by atoms with van der Waals surface area (Å²) in [5.41, 5.74) is 1.76. The maximum atomic E-state index is 14.7. The molecule has 2 fully saturated rings. The Labute approximate surface area is 272 Å². The number of benzene rings is 2. The summed E-state index contributed by atoms with van der Waals surface area (Å²) in [5, 5.41) is 17.9. The molecule has 1 aliphatic heterocycles. The van der Waals surface area contributed by atoms with E-state index in [4.69, 9.17) is 9.73 Å². The molecule has 0 spiro atoms. The Morgan fingerprint density at radius 3 is 2.59 bits per heavy atom. The SMILES string of the molecule is CC[C@H]1[C@H](C)[C@@H](N=C(Nc2ccc3c(=O)n([C@H](CO)Cc4ccc(OC)cc4F)cnc3c2)N2C[C@H](C)N[C@@H](C)C2)CCC1(C)C. The molecule has 0 radical (unpaired) electrons. The first kappa shape index (κ1) is 33.9. The lowest BCUT2D eigenvalue weighted by molar-refractivity contribution is 0.0652. The molecule has 5 rings (SSSR count). The van der Waals surface area contributed by atoms with E-state index in [1.165, 1.54) is 24.1 Å². The number of methoxy groups -OCH3 is 1. The molecule has 46 heavy (non-hydrogen) atoms. The quantitative estimate of drug-likeness (QED) is 0.218. The zero-order valence-electron chi connectivity index (χ0n) is 28.4. The molecule has 0 amide bonds. The first-order valence-corrected chi connectivity index (χ1v) is 16.7. The maximum absolute atomic E-state index is 14.7. The van der Waals surface area contributed by atoms with E-state index in [0.717, 1.165) is 44.0 Å². The van der Waals surface area contributed by atoms with Crippen LogP contribution in [0, 0.1) is 23.1 Å². The van der Waals surface area contributed by atoms with Crippen molar-refractivity contribution < 1.29 is 14.2 Å². The summed E-state index contributed by atoms with van der Waals surface area (Å²) in [4.78, 5) is 26.0. The summed E-state index contributed by atoms with van der Waals surface area (Å²) >= 11 is 0. The second-order valence-electron chi connectivity index (χ2n) is 14.1. The molecule has 9 nitrogen and oxygen atoms in total. The molecule has 3 aromatic rings. The molecule has 2 aromatic carbocycles. The number of nitrogens with zero attached hydrogens (tertiary/aromatic N) is 4. The number of aliphatic imine (C=N–C) groups is 1. The summed E-state index contributed by atoms with van der Waals surface area (Å²) in [6.07, 6.45) is 4.93. The maximum Gasteiger partial charge on any atom is 0.261 e. The third-order valence-corrected chi connectivity index (χ3v) is 10.3. The number of aromatic nitrogens is 2. The highest BCUT2D eigenvalue weighted by atomic mass is 19.1. The normalized spacial score (nSPS) is 25.8. The zero-order chi connectivity index (χ0) is 33.2. The molecule has 250 valence electrons. The van der Waals surface area contributed by atoms with E-state index in [9.17, 15) is 14.3 Å². The Bertz CT molecular complexity index is 1600. The number of halogens is 1. The van der Waals surface area contributed by atoms with E-state index in [1.54, 1.807) is 18.2 Å². The summed E-state index contributed by atoms with van der Waals surface area (Å²) in [5.74, 6) is 1.89. The van der Waals surface area contributed by atoms with Crippen molar-refractivity contribution in [3.05, 3.63) is 64.5 Å². The van der Waals surface area contributed by atoms with Crippen LogP contribution in [0.15, 0.2) is 52.5 Å². The molecule has 1 aliphatic carbocycles. The Hall–Kier alpha value is -3.50. The number of anilines is 1. The van der Waals surface area contributed by atoms with Gasteiger partial charge in [-0.15, -0.1) is 0 Å². The molecule has 0 unspecified atom stereocenters. The van der Waals surface area contributed by atoms with E-state index in [1.807, 2.05) is 12.1 Å². The van der Waals surface area contributed by atoms with Gasteiger partial charge >= 0.3 is 0 Å². The third kappa shape index (κ3) is 7.23. The number of aliphatic hydroxyl groups excluding tert-OH is 1. The lowest BCUT2D eigenvalue weighted by Crippen LogP contribution is -2.57. The van der Waals surface area contributed by atoms with Crippen molar-refractivity contribution in [2.75, 3.05) is 32.1 Å². The van der Waals surface area contributed by atoms with Crippen LogP contribution in [-0.2, 0) is 6.42 Å². The highest BCUT2D eigenvalue weighted by molar-refractivity contribution is 5.96. The fourth-order valence-corrected chi connectivity index (χ4v) is 7.83. The highest BCUT2D eigenvalue weighted by Gasteiger charge is 2.41. The van der Waals surface area contributed by atoms with Crippen molar-refractivity contribution in [3.8, 4) is 5.75 Å². The van der Waals surface area contributed by atoms with Gasteiger partial charge in [-0.25, -0.2) is 14.4 Å². The minimum atomic E-state index is -0.671.